The standard InChI is InChI=1S/C7H6I2N4O/c1-4-11-5(12-14-4)2-13-3-10-6(8)7(13)9/h3H,2H2,1H3. The van der Waals surface area contributed by atoms with Crippen LogP contribution < -0.4 is 0 Å². The fourth-order valence-corrected chi connectivity index (χ4v) is 1.88. The Hall–Kier alpha value is -0.190. The van der Waals surface area contributed by atoms with Crippen molar-refractivity contribution in [1.29, 1.82) is 0 Å². The second-order valence-corrected chi connectivity index (χ2v) is 4.73. The highest BCUT2D eigenvalue weighted by Gasteiger charge is 2.08. The molecule has 2 aromatic heterocycles. The second kappa shape index (κ2) is 4.13. The number of rotatable bonds is 2. The van der Waals surface area contributed by atoms with E-state index in [1.165, 1.54) is 0 Å². The van der Waals surface area contributed by atoms with Gasteiger partial charge in [-0.15, -0.1) is 0 Å². The SMILES string of the molecule is Cc1nc(Cn2cnc(I)c2I)no1. The highest BCUT2D eigenvalue weighted by Crippen LogP contribution is 2.13. The molecule has 2 aromatic rings. The molecule has 14 heavy (non-hydrogen) atoms. The predicted octanol–water partition coefficient (Wildman–Crippen LogP) is 1.83. The first-order chi connectivity index (χ1) is 6.66. The van der Waals surface area contributed by atoms with Crippen LogP contribution in [-0.4, -0.2) is 19.7 Å². The maximum atomic E-state index is 4.88. The first kappa shape index (κ1) is 10.3. The van der Waals surface area contributed by atoms with E-state index in [9.17, 15) is 0 Å². The molecule has 0 atom stereocenters. The highest BCUT2D eigenvalue weighted by atomic mass is 127. The smallest absolute Gasteiger partial charge is 0.223 e. The first-order valence-corrected chi connectivity index (χ1v) is 5.98. The molecule has 0 bridgehead atoms. The van der Waals surface area contributed by atoms with E-state index in [0.29, 0.717) is 18.3 Å². The molecule has 2 heterocycles. The van der Waals surface area contributed by atoms with Crippen LogP contribution in [0.1, 0.15) is 11.7 Å². The topological polar surface area (TPSA) is 56.7 Å². The van der Waals surface area contributed by atoms with Crippen LogP contribution in [0.4, 0.5) is 0 Å². The van der Waals surface area contributed by atoms with Gasteiger partial charge in [0.2, 0.25) is 5.89 Å². The Morgan fingerprint density at radius 1 is 1.50 bits per heavy atom. The van der Waals surface area contributed by atoms with Gasteiger partial charge >= 0.3 is 0 Å². The normalized spacial score (nSPS) is 10.8. The molecule has 0 fully saturated rings. The third-order valence-electron chi connectivity index (χ3n) is 1.61. The minimum Gasteiger partial charge on any atom is -0.340 e. The number of hydrogen-bond donors (Lipinski definition) is 0. The number of aromatic nitrogens is 4. The summed E-state index contributed by atoms with van der Waals surface area (Å²) in [5.74, 6) is 1.26. The summed E-state index contributed by atoms with van der Waals surface area (Å²) in [4.78, 5) is 8.30. The Morgan fingerprint density at radius 2 is 2.29 bits per heavy atom. The summed E-state index contributed by atoms with van der Waals surface area (Å²) in [7, 11) is 0. The Bertz CT molecular complexity index is 450. The van der Waals surface area contributed by atoms with Gasteiger partial charge < -0.3 is 9.09 Å². The molecule has 0 aromatic carbocycles. The third-order valence-corrected chi connectivity index (χ3v) is 4.57. The number of halogens is 2. The third kappa shape index (κ3) is 2.07. The van der Waals surface area contributed by atoms with Gasteiger partial charge in [-0.3, -0.25) is 0 Å². The summed E-state index contributed by atoms with van der Waals surface area (Å²) >= 11 is 4.43. The maximum absolute atomic E-state index is 4.88. The second-order valence-electron chi connectivity index (χ2n) is 2.68. The van der Waals surface area contributed by atoms with Crippen molar-refractivity contribution in [3.63, 3.8) is 0 Å². The summed E-state index contributed by atoms with van der Waals surface area (Å²) < 4.78 is 8.94. The zero-order valence-electron chi connectivity index (χ0n) is 7.24. The van der Waals surface area contributed by atoms with Crippen molar-refractivity contribution in [3.8, 4) is 0 Å². The number of hydrogen-bond acceptors (Lipinski definition) is 4. The predicted molar refractivity (Wildman–Crippen MR) is 65.8 cm³/mol. The Morgan fingerprint density at radius 3 is 2.79 bits per heavy atom. The van der Waals surface area contributed by atoms with E-state index in [4.69, 9.17) is 4.52 Å². The van der Waals surface area contributed by atoms with Gasteiger partial charge in [0.25, 0.3) is 0 Å². The number of aryl methyl sites for hydroxylation is 1. The van der Waals surface area contributed by atoms with E-state index < -0.39 is 0 Å². The van der Waals surface area contributed by atoms with Crippen LogP contribution in [0.2, 0.25) is 0 Å². The molecule has 74 valence electrons. The van der Waals surface area contributed by atoms with Gasteiger partial charge in [0.1, 0.15) is 7.40 Å². The number of nitrogens with zero attached hydrogens (tertiary/aromatic N) is 4. The van der Waals surface area contributed by atoms with Crippen molar-refractivity contribution >= 4 is 45.2 Å². The molecule has 0 unspecified atom stereocenters. The zero-order valence-corrected chi connectivity index (χ0v) is 11.6. The molecule has 0 N–H and O–H groups in total. The van der Waals surface area contributed by atoms with Gasteiger partial charge in [-0.05, 0) is 45.2 Å². The Balaban J connectivity index is 2.22. The monoisotopic (exact) mass is 416 g/mol. The van der Waals surface area contributed by atoms with Gasteiger partial charge in [0.05, 0.1) is 12.9 Å². The molecular formula is C7H6I2N4O. The van der Waals surface area contributed by atoms with Crippen molar-refractivity contribution in [2.75, 3.05) is 0 Å². The molecule has 0 spiro atoms. The minimum absolute atomic E-state index is 0.588. The molecule has 7 heteroatoms. The van der Waals surface area contributed by atoms with Gasteiger partial charge in [-0.2, -0.15) is 4.98 Å². The molecule has 0 radical (unpaired) electrons. The van der Waals surface area contributed by atoms with E-state index in [1.54, 1.807) is 13.3 Å². The van der Waals surface area contributed by atoms with Crippen LogP contribution in [0, 0.1) is 14.3 Å². The Kier molecular flexibility index (Phi) is 3.04. The van der Waals surface area contributed by atoms with Crippen molar-refractivity contribution in [1.82, 2.24) is 19.7 Å². The summed E-state index contributed by atoms with van der Waals surface area (Å²) in [6, 6.07) is 0. The molecule has 0 aliphatic rings. The van der Waals surface area contributed by atoms with Crippen LogP contribution in [0.25, 0.3) is 0 Å². The average Bonchev–Trinajstić information content (AvgIpc) is 2.67. The van der Waals surface area contributed by atoms with Crippen molar-refractivity contribution < 1.29 is 4.52 Å². The molecule has 0 saturated heterocycles. The molecule has 0 amide bonds. The zero-order chi connectivity index (χ0) is 10.1. The van der Waals surface area contributed by atoms with Crippen LogP contribution in [0.5, 0.6) is 0 Å². The maximum Gasteiger partial charge on any atom is 0.223 e. The van der Waals surface area contributed by atoms with Crippen molar-refractivity contribution in [2.24, 2.45) is 0 Å². The summed E-state index contributed by atoms with van der Waals surface area (Å²) in [5, 5.41) is 3.82. The van der Waals surface area contributed by atoms with E-state index in [-0.39, 0.29) is 0 Å². The van der Waals surface area contributed by atoms with Crippen LogP contribution >= 0.6 is 45.2 Å². The summed E-state index contributed by atoms with van der Waals surface area (Å²) in [6.45, 7) is 2.38. The van der Waals surface area contributed by atoms with Gasteiger partial charge in [-0.25, -0.2) is 4.98 Å². The highest BCUT2D eigenvalue weighted by molar-refractivity contribution is 14.1. The van der Waals surface area contributed by atoms with Gasteiger partial charge in [-0.1, -0.05) is 5.16 Å². The van der Waals surface area contributed by atoms with Gasteiger partial charge in [0, 0.05) is 6.92 Å². The average molecular weight is 416 g/mol. The molecule has 5 nitrogen and oxygen atoms in total. The fraction of sp³-hybridized carbons (Fsp3) is 0.286. The molecule has 0 aliphatic heterocycles. The Labute approximate surface area is 108 Å². The lowest BCUT2D eigenvalue weighted by Gasteiger charge is -1.98. The van der Waals surface area contributed by atoms with Crippen LogP contribution in [0.3, 0.4) is 0 Å². The quantitative estimate of drug-likeness (QED) is 0.702. The van der Waals surface area contributed by atoms with E-state index in [0.717, 1.165) is 7.40 Å². The van der Waals surface area contributed by atoms with Crippen molar-refractivity contribution in [3.05, 3.63) is 25.4 Å². The first-order valence-electron chi connectivity index (χ1n) is 3.82. The lowest BCUT2D eigenvalue weighted by Crippen LogP contribution is -2.02. The van der Waals surface area contributed by atoms with E-state index in [1.807, 2.05) is 4.57 Å². The number of imidazole rings is 1. The van der Waals surface area contributed by atoms with Crippen molar-refractivity contribution in [2.45, 2.75) is 13.5 Å². The molecule has 2 rings (SSSR count). The van der Waals surface area contributed by atoms with E-state index >= 15 is 0 Å². The summed E-state index contributed by atoms with van der Waals surface area (Å²) in [6.07, 6.45) is 1.77. The van der Waals surface area contributed by atoms with Crippen LogP contribution in [0.15, 0.2) is 10.9 Å². The molecule has 0 saturated carbocycles. The lowest BCUT2D eigenvalue weighted by atomic mass is 10.6. The van der Waals surface area contributed by atoms with E-state index in [2.05, 4.69) is 60.3 Å². The summed E-state index contributed by atoms with van der Waals surface area (Å²) in [5.41, 5.74) is 0. The molecule has 0 aliphatic carbocycles. The minimum atomic E-state index is 0.588. The lowest BCUT2D eigenvalue weighted by molar-refractivity contribution is 0.386. The largest absolute Gasteiger partial charge is 0.340 e. The van der Waals surface area contributed by atoms with Crippen LogP contribution in [-0.2, 0) is 6.54 Å². The van der Waals surface area contributed by atoms with Gasteiger partial charge in [0.15, 0.2) is 5.82 Å². The molecular weight excluding hydrogens is 410 g/mol. The fourth-order valence-electron chi connectivity index (χ4n) is 1.01.